The number of carbonyl (C=O) groups excluding carboxylic acids is 5. The number of aldehydes is 1. The maximum atomic E-state index is 13.4. The second kappa shape index (κ2) is 19.0. The number of nitrogens with two attached hydrogens (primary N) is 2. The van der Waals surface area contributed by atoms with Gasteiger partial charge >= 0.3 is 0 Å². The minimum absolute atomic E-state index is 0.0485. The van der Waals surface area contributed by atoms with Crippen LogP contribution < -0.4 is 32.7 Å². The highest BCUT2D eigenvalue weighted by Crippen LogP contribution is 2.12. The monoisotopic (exact) mass is 553 g/mol. The van der Waals surface area contributed by atoms with Crippen LogP contribution in [0.3, 0.4) is 0 Å². The van der Waals surface area contributed by atoms with Gasteiger partial charge in [-0.05, 0) is 43.4 Å². The molecule has 0 bridgehead atoms. The van der Waals surface area contributed by atoms with E-state index in [1.807, 2.05) is 41.5 Å². The number of amides is 4. The molecule has 4 amide bonds. The molecule has 0 aliphatic heterocycles. The third kappa shape index (κ3) is 15.1. The Balaban J connectivity index is 5.64. The molecule has 0 fully saturated rings. The Morgan fingerprint density at radius 1 is 0.795 bits per heavy atom. The number of hydrogen-bond acceptors (Lipinski definition) is 6. The van der Waals surface area contributed by atoms with Gasteiger partial charge in [0.25, 0.3) is 0 Å². The Morgan fingerprint density at radius 3 is 1.74 bits per heavy atom. The lowest BCUT2D eigenvalue weighted by Gasteiger charge is -2.29. The third-order valence-corrected chi connectivity index (χ3v) is 6.27. The van der Waals surface area contributed by atoms with E-state index >= 15 is 0 Å². The molecule has 0 heterocycles. The summed E-state index contributed by atoms with van der Waals surface area (Å²) in [5.74, 6) is -1.75. The molecule has 0 radical (unpaired) electrons. The van der Waals surface area contributed by atoms with Gasteiger partial charge in [-0.2, -0.15) is 0 Å². The number of nitrogens with zero attached hydrogens (tertiary/aromatic N) is 1. The highest BCUT2D eigenvalue weighted by molar-refractivity contribution is 5.94. The summed E-state index contributed by atoms with van der Waals surface area (Å²) >= 11 is 0. The van der Waals surface area contributed by atoms with Gasteiger partial charge < -0.3 is 37.5 Å². The van der Waals surface area contributed by atoms with E-state index in [1.165, 1.54) is 0 Å². The van der Waals surface area contributed by atoms with Crippen molar-refractivity contribution in [3.05, 3.63) is 0 Å². The van der Waals surface area contributed by atoms with Crippen molar-refractivity contribution in [3.8, 4) is 0 Å². The van der Waals surface area contributed by atoms with Crippen LogP contribution in [-0.4, -0.2) is 66.6 Å². The minimum Gasteiger partial charge on any atom is -0.370 e. The van der Waals surface area contributed by atoms with Crippen molar-refractivity contribution in [2.45, 2.75) is 111 Å². The molecule has 5 atom stereocenters. The van der Waals surface area contributed by atoms with E-state index < -0.39 is 41.9 Å². The summed E-state index contributed by atoms with van der Waals surface area (Å²) in [4.78, 5) is 67.1. The topological polar surface area (TPSA) is 198 Å². The average Bonchev–Trinajstić information content (AvgIpc) is 2.86. The first kappa shape index (κ1) is 35.8. The Kier molecular flexibility index (Phi) is 17.4. The van der Waals surface area contributed by atoms with Crippen LogP contribution >= 0.6 is 0 Å². The number of guanidine groups is 1. The molecule has 0 aliphatic carbocycles. The van der Waals surface area contributed by atoms with E-state index in [0.29, 0.717) is 44.9 Å². The lowest BCUT2D eigenvalue weighted by atomic mass is 9.96. The fourth-order valence-electron chi connectivity index (χ4n) is 3.89. The zero-order valence-electron chi connectivity index (χ0n) is 24.7. The van der Waals surface area contributed by atoms with Gasteiger partial charge in [0.15, 0.2) is 5.96 Å². The zero-order chi connectivity index (χ0) is 30.1. The van der Waals surface area contributed by atoms with Gasteiger partial charge in [0, 0.05) is 13.0 Å². The first-order valence-electron chi connectivity index (χ1n) is 14.0. The molecule has 12 nitrogen and oxygen atoms in total. The summed E-state index contributed by atoms with van der Waals surface area (Å²) in [6.07, 6.45) is 3.02. The molecule has 0 spiro atoms. The Hall–Kier alpha value is -3.18. The van der Waals surface area contributed by atoms with E-state index in [9.17, 15) is 24.0 Å². The van der Waals surface area contributed by atoms with Crippen LogP contribution in [-0.2, 0) is 24.0 Å². The molecule has 8 N–H and O–H groups in total. The summed E-state index contributed by atoms with van der Waals surface area (Å²) in [5.41, 5.74) is 10.6. The smallest absolute Gasteiger partial charge is 0.243 e. The Bertz CT molecular complexity index is 827. The van der Waals surface area contributed by atoms with Crippen molar-refractivity contribution in [1.29, 1.82) is 0 Å². The molecular formula is C27H51N7O5. The summed E-state index contributed by atoms with van der Waals surface area (Å²) in [5, 5.41) is 11.0. The fourth-order valence-corrected chi connectivity index (χ4v) is 3.89. The lowest BCUT2D eigenvalue weighted by molar-refractivity contribution is -0.135. The molecule has 0 saturated carbocycles. The standard InChI is InChI=1S/C27H51N7O5/c1-8-18(7)23(34-22(36)9-2)26(39)33-21(14-17(5)6)25(38)32-20(13-16(3)4)24(37)31-19(15-35)11-10-12-30-27(28)29/h15-21,23H,8-14H2,1-7H3,(H,31,37)(H,32,38)(H,33,39)(H,34,36)(H4,28,29,30). The lowest BCUT2D eigenvalue weighted by Crippen LogP contribution is -2.58. The highest BCUT2D eigenvalue weighted by Gasteiger charge is 2.32. The predicted octanol–water partition coefficient (Wildman–Crippen LogP) is 0.726. The summed E-state index contributed by atoms with van der Waals surface area (Å²) in [7, 11) is 0. The predicted molar refractivity (Wildman–Crippen MR) is 152 cm³/mol. The van der Waals surface area contributed by atoms with Crippen LogP contribution in [0.2, 0.25) is 0 Å². The van der Waals surface area contributed by atoms with Crippen LogP contribution in [0.1, 0.15) is 87.0 Å². The second-order valence-electron chi connectivity index (χ2n) is 10.9. The molecule has 5 unspecified atom stereocenters. The van der Waals surface area contributed by atoms with E-state index in [1.54, 1.807) is 6.92 Å². The van der Waals surface area contributed by atoms with Gasteiger partial charge in [0.05, 0.1) is 6.04 Å². The normalized spacial score (nSPS) is 14.9. The van der Waals surface area contributed by atoms with Crippen molar-refractivity contribution in [1.82, 2.24) is 21.3 Å². The van der Waals surface area contributed by atoms with Crippen molar-refractivity contribution in [3.63, 3.8) is 0 Å². The molecule has 0 saturated heterocycles. The Labute approximate surface area is 233 Å². The number of hydrogen-bond donors (Lipinski definition) is 6. The maximum Gasteiger partial charge on any atom is 0.243 e. The van der Waals surface area contributed by atoms with Crippen molar-refractivity contribution in [2.24, 2.45) is 34.2 Å². The van der Waals surface area contributed by atoms with Crippen LogP contribution in [0.5, 0.6) is 0 Å². The maximum absolute atomic E-state index is 13.4. The largest absolute Gasteiger partial charge is 0.370 e. The van der Waals surface area contributed by atoms with Crippen LogP contribution in [0, 0.1) is 17.8 Å². The quantitative estimate of drug-likeness (QED) is 0.0586. The van der Waals surface area contributed by atoms with E-state index in [4.69, 9.17) is 11.5 Å². The van der Waals surface area contributed by atoms with Gasteiger partial charge in [-0.25, -0.2) is 0 Å². The first-order valence-corrected chi connectivity index (χ1v) is 14.0. The van der Waals surface area contributed by atoms with Gasteiger partial charge in [-0.15, -0.1) is 0 Å². The third-order valence-electron chi connectivity index (χ3n) is 6.27. The summed E-state index contributed by atoms with van der Waals surface area (Å²) in [6, 6.07) is -3.37. The first-order chi connectivity index (χ1) is 18.2. The molecule has 39 heavy (non-hydrogen) atoms. The van der Waals surface area contributed by atoms with E-state index in [0.717, 1.165) is 0 Å². The summed E-state index contributed by atoms with van der Waals surface area (Å²) in [6.45, 7) is 13.5. The molecule has 0 aromatic heterocycles. The van der Waals surface area contributed by atoms with Gasteiger partial charge in [-0.3, -0.25) is 24.2 Å². The Morgan fingerprint density at radius 2 is 1.31 bits per heavy atom. The van der Waals surface area contributed by atoms with Gasteiger partial charge in [0.2, 0.25) is 23.6 Å². The molecule has 0 aromatic rings. The molecule has 224 valence electrons. The molecule has 0 aromatic carbocycles. The molecule has 12 heteroatoms. The van der Waals surface area contributed by atoms with Crippen molar-refractivity contribution < 1.29 is 24.0 Å². The minimum atomic E-state index is -0.911. The van der Waals surface area contributed by atoms with Crippen LogP contribution in [0.15, 0.2) is 4.99 Å². The zero-order valence-corrected chi connectivity index (χ0v) is 24.7. The van der Waals surface area contributed by atoms with E-state index in [2.05, 4.69) is 26.3 Å². The highest BCUT2D eigenvalue weighted by atomic mass is 16.2. The van der Waals surface area contributed by atoms with Crippen molar-refractivity contribution in [2.75, 3.05) is 6.54 Å². The number of rotatable bonds is 19. The SMILES string of the molecule is CCC(=O)NC(C(=O)NC(CC(C)C)C(=O)NC(CC(C)C)C(=O)NC(C=O)CCCN=C(N)N)C(C)CC. The number of carbonyl (C=O) groups is 5. The molecular weight excluding hydrogens is 502 g/mol. The summed E-state index contributed by atoms with van der Waals surface area (Å²) < 4.78 is 0. The average molecular weight is 554 g/mol. The second-order valence-corrected chi connectivity index (χ2v) is 10.9. The van der Waals surface area contributed by atoms with E-state index in [-0.39, 0.29) is 36.0 Å². The fraction of sp³-hybridized carbons (Fsp3) is 0.778. The number of nitrogens with one attached hydrogen (secondary N) is 4. The number of aliphatic imine (C=N–C) groups is 1. The van der Waals surface area contributed by atoms with Gasteiger partial charge in [0.1, 0.15) is 24.4 Å². The molecule has 0 aliphatic rings. The van der Waals surface area contributed by atoms with Gasteiger partial charge in [-0.1, -0.05) is 54.9 Å². The van der Waals surface area contributed by atoms with Crippen molar-refractivity contribution >= 4 is 35.9 Å². The van der Waals surface area contributed by atoms with Crippen LogP contribution in [0.4, 0.5) is 0 Å². The van der Waals surface area contributed by atoms with Crippen LogP contribution in [0.25, 0.3) is 0 Å². The molecule has 0 rings (SSSR count).